The van der Waals surface area contributed by atoms with Crippen LogP contribution in [0.25, 0.3) is 0 Å². The molecule has 4 nitrogen and oxygen atoms in total. The maximum Gasteiger partial charge on any atom is 0.234 e. The molecule has 0 radical (unpaired) electrons. The van der Waals surface area contributed by atoms with E-state index in [1.54, 1.807) is 7.05 Å². The monoisotopic (exact) mass is 185 g/mol. The maximum absolute atomic E-state index is 11.1. The van der Waals surface area contributed by atoms with E-state index in [2.05, 4.69) is 22.6 Å². The van der Waals surface area contributed by atoms with Crippen LogP contribution in [0.3, 0.4) is 0 Å². The summed E-state index contributed by atoms with van der Waals surface area (Å²) in [6.45, 7) is 2.36. The Morgan fingerprint density at radius 1 is 1.62 bits per heavy atom. The van der Waals surface area contributed by atoms with E-state index in [1.807, 2.05) is 0 Å². The minimum absolute atomic E-state index is 0.0859. The van der Waals surface area contributed by atoms with Crippen LogP contribution in [-0.2, 0) is 4.79 Å². The smallest absolute Gasteiger partial charge is 0.234 e. The summed E-state index contributed by atoms with van der Waals surface area (Å²) in [4.78, 5) is 13.4. The van der Waals surface area contributed by atoms with Crippen LogP contribution in [-0.4, -0.2) is 50.6 Å². The van der Waals surface area contributed by atoms with Crippen LogP contribution >= 0.6 is 0 Å². The summed E-state index contributed by atoms with van der Waals surface area (Å²) < 4.78 is 0. The van der Waals surface area contributed by atoms with Gasteiger partial charge in [0.2, 0.25) is 5.91 Å². The predicted molar refractivity (Wildman–Crippen MR) is 52.6 cm³/mol. The Balaban J connectivity index is 2.14. The summed E-state index contributed by atoms with van der Waals surface area (Å²) in [5, 5.41) is 5.74. The maximum atomic E-state index is 11.1. The van der Waals surface area contributed by atoms with Crippen molar-refractivity contribution in [1.29, 1.82) is 0 Å². The standard InChI is InChI=1S/C9H19N3O/c1-10-7-9(13)11-6-8-4-3-5-12(8)2/h8,10H,3-7H2,1-2H3,(H,11,13). The van der Waals surface area contributed by atoms with Crippen molar-refractivity contribution in [2.75, 3.05) is 33.7 Å². The fraction of sp³-hybridized carbons (Fsp3) is 0.889. The first-order valence-corrected chi connectivity index (χ1v) is 4.85. The lowest BCUT2D eigenvalue weighted by Gasteiger charge is -2.19. The molecule has 1 saturated heterocycles. The molecule has 1 aliphatic heterocycles. The number of carbonyl (C=O) groups excluding carboxylic acids is 1. The van der Waals surface area contributed by atoms with E-state index < -0.39 is 0 Å². The lowest BCUT2D eigenvalue weighted by molar-refractivity contribution is -0.120. The Morgan fingerprint density at radius 3 is 2.92 bits per heavy atom. The first-order chi connectivity index (χ1) is 6.24. The second-order valence-corrected chi connectivity index (χ2v) is 3.61. The molecular formula is C9H19N3O. The van der Waals surface area contributed by atoms with Crippen molar-refractivity contribution >= 4 is 5.91 Å². The summed E-state index contributed by atoms with van der Waals surface area (Å²) in [7, 11) is 3.89. The van der Waals surface area contributed by atoms with Crippen molar-refractivity contribution in [2.45, 2.75) is 18.9 Å². The van der Waals surface area contributed by atoms with Crippen LogP contribution in [0.5, 0.6) is 0 Å². The van der Waals surface area contributed by atoms with Crippen LogP contribution < -0.4 is 10.6 Å². The fourth-order valence-corrected chi connectivity index (χ4v) is 1.69. The number of hydrogen-bond acceptors (Lipinski definition) is 3. The van der Waals surface area contributed by atoms with E-state index in [4.69, 9.17) is 0 Å². The number of hydrogen-bond donors (Lipinski definition) is 2. The summed E-state index contributed by atoms with van der Waals surface area (Å²) in [6.07, 6.45) is 2.46. The highest BCUT2D eigenvalue weighted by atomic mass is 16.1. The Morgan fingerprint density at radius 2 is 2.38 bits per heavy atom. The number of amides is 1. The molecule has 76 valence electrons. The zero-order chi connectivity index (χ0) is 9.68. The van der Waals surface area contributed by atoms with E-state index in [9.17, 15) is 4.79 Å². The van der Waals surface area contributed by atoms with Crippen molar-refractivity contribution in [2.24, 2.45) is 0 Å². The lowest BCUT2D eigenvalue weighted by atomic mass is 10.2. The van der Waals surface area contributed by atoms with Gasteiger partial charge in [0.25, 0.3) is 0 Å². The molecule has 2 N–H and O–H groups in total. The van der Waals surface area contributed by atoms with Gasteiger partial charge in [-0.1, -0.05) is 0 Å². The highest BCUT2D eigenvalue weighted by molar-refractivity contribution is 5.77. The van der Waals surface area contributed by atoms with E-state index in [0.717, 1.165) is 13.1 Å². The molecule has 0 saturated carbocycles. The van der Waals surface area contributed by atoms with Crippen LogP contribution in [0.15, 0.2) is 0 Å². The number of likely N-dealkylation sites (tertiary alicyclic amines) is 1. The normalized spacial score (nSPS) is 23.4. The highest BCUT2D eigenvalue weighted by Crippen LogP contribution is 2.13. The number of rotatable bonds is 4. The second-order valence-electron chi connectivity index (χ2n) is 3.61. The molecule has 0 aromatic carbocycles. The third kappa shape index (κ3) is 3.32. The van der Waals surface area contributed by atoms with Gasteiger partial charge in [0.15, 0.2) is 0 Å². The summed E-state index contributed by atoms with van der Waals surface area (Å²) in [5.41, 5.74) is 0. The van der Waals surface area contributed by atoms with Crippen LogP contribution in [0.1, 0.15) is 12.8 Å². The van der Waals surface area contributed by atoms with E-state index >= 15 is 0 Å². The number of carbonyl (C=O) groups is 1. The third-order valence-corrected chi connectivity index (χ3v) is 2.54. The number of nitrogens with zero attached hydrogens (tertiary/aromatic N) is 1. The fourth-order valence-electron chi connectivity index (χ4n) is 1.69. The van der Waals surface area contributed by atoms with E-state index in [-0.39, 0.29) is 5.91 Å². The van der Waals surface area contributed by atoms with Gasteiger partial charge in [-0.15, -0.1) is 0 Å². The highest BCUT2D eigenvalue weighted by Gasteiger charge is 2.20. The van der Waals surface area contributed by atoms with Gasteiger partial charge in [-0.3, -0.25) is 4.79 Å². The van der Waals surface area contributed by atoms with Gasteiger partial charge in [-0.25, -0.2) is 0 Å². The van der Waals surface area contributed by atoms with Crippen molar-refractivity contribution in [1.82, 2.24) is 15.5 Å². The van der Waals surface area contributed by atoms with Gasteiger partial charge >= 0.3 is 0 Å². The predicted octanol–water partition coefficient (Wildman–Crippen LogP) is -0.584. The Labute approximate surface area is 79.7 Å². The average Bonchev–Trinajstić information content (AvgIpc) is 2.48. The van der Waals surface area contributed by atoms with E-state index in [0.29, 0.717) is 12.6 Å². The Hall–Kier alpha value is -0.610. The summed E-state index contributed by atoms with van der Waals surface area (Å²) in [5.74, 6) is 0.0859. The summed E-state index contributed by atoms with van der Waals surface area (Å²) in [6, 6.07) is 0.542. The van der Waals surface area contributed by atoms with Gasteiger partial charge in [0, 0.05) is 12.6 Å². The third-order valence-electron chi connectivity index (χ3n) is 2.54. The molecule has 0 spiro atoms. The molecule has 1 heterocycles. The van der Waals surface area contributed by atoms with Gasteiger partial charge in [0.05, 0.1) is 6.54 Å². The van der Waals surface area contributed by atoms with Gasteiger partial charge in [0.1, 0.15) is 0 Å². The number of nitrogens with one attached hydrogen (secondary N) is 2. The molecule has 0 aliphatic carbocycles. The Bertz CT molecular complexity index is 172. The molecular weight excluding hydrogens is 166 g/mol. The molecule has 1 rings (SSSR count). The van der Waals surface area contributed by atoms with Crippen molar-refractivity contribution < 1.29 is 4.79 Å². The first kappa shape index (κ1) is 10.5. The zero-order valence-corrected chi connectivity index (χ0v) is 8.47. The molecule has 4 heteroatoms. The minimum atomic E-state index is 0.0859. The molecule has 1 aliphatic rings. The lowest BCUT2D eigenvalue weighted by Crippen LogP contribution is -2.41. The quantitative estimate of drug-likeness (QED) is 0.615. The Kier molecular flexibility index (Phi) is 4.18. The molecule has 0 aromatic heterocycles. The van der Waals surface area contributed by atoms with E-state index in [1.165, 1.54) is 12.8 Å². The van der Waals surface area contributed by atoms with Crippen LogP contribution in [0.4, 0.5) is 0 Å². The van der Waals surface area contributed by atoms with Crippen LogP contribution in [0, 0.1) is 0 Å². The van der Waals surface area contributed by atoms with Crippen molar-refractivity contribution in [3.63, 3.8) is 0 Å². The molecule has 1 atom stereocenters. The van der Waals surface area contributed by atoms with Gasteiger partial charge < -0.3 is 15.5 Å². The minimum Gasteiger partial charge on any atom is -0.353 e. The van der Waals surface area contributed by atoms with Gasteiger partial charge in [-0.2, -0.15) is 0 Å². The SMILES string of the molecule is CNCC(=O)NCC1CCCN1C. The van der Waals surface area contributed by atoms with Gasteiger partial charge in [-0.05, 0) is 33.5 Å². The molecule has 1 amide bonds. The second kappa shape index (κ2) is 5.19. The summed E-state index contributed by atoms with van der Waals surface area (Å²) >= 11 is 0. The largest absolute Gasteiger partial charge is 0.353 e. The zero-order valence-electron chi connectivity index (χ0n) is 8.47. The molecule has 1 fully saturated rings. The topological polar surface area (TPSA) is 44.4 Å². The molecule has 13 heavy (non-hydrogen) atoms. The van der Waals surface area contributed by atoms with Crippen LogP contribution in [0.2, 0.25) is 0 Å². The van der Waals surface area contributed by atoms with Crippen molar-refractivity contribution in [3.05, 3.63) is 0 Å². The molecule has 0 bridgehead atoms. The first-order valence-electron chi connectivity index (χ1n) is 4.85. The van der Waals surface area contributed by atoms with Crippen molar-refractivity contribution in [3.8, 4) is 0 Å². The molecule has 0 aromatic rings. The average molecular weight is 185 g/mol. The molecule has 1 unspecified atom stereocenters. The number of likely N-dealkylation sites (N-methyl/N-ethyl adjacent to an activating group) is 2.